The molecular weight excluding hydrogens is 252 g/mol. The van der Waals surface area contributed by atoms with Crippen molar-refractivity contribution in [1.82, 2.24) is 5.32 Å². The van der Waals surface area contributed by atoms with E-state index in [4.69, 9.17) is 0 Å². The fourth-order valence-electron chi connectivity index (χ4n) is 3.53. The lowest BCUT2D eigenvalue weighted by molar-refractivity contribution is -0.119. The number of nitrogens with one attached hydrogen (secondary N) is 1. The molecular formula is C16H22N2O2. The van der Waals surface area contributed by atoms with Crippen molar-refractivity contribution in [3.05, 3.63) is 29.8 Å². The average molecular weight is 274 g/mol. The second-order valence-electron chi connectivity index (χ2n) is 5.91. The van der Waals surface area contributed by atoms with Crippen LogP contribution >= 0.6 is 0 Å². The van der Waals surface area contributed by atoms with E-state index in [-0.39, 0.29) is 18.6 Å². The largest absolute Gasteiger partial charge is 0.396 e. The van der Waals surface area contributed by atoms with Gasteiger partial charge in [-0.1, -0.05) is 24.6 Å². The summed E-state index contributed by atoms with van der Waals surface area (Å²) in [5, 5.41) is 13.1. The number of nitrogens with zero attached hydrogens (tertiary/aromatic N) is 1. The number of benzene rings is 1. The molecule has 20 heavy (non-hydrogen) atoms. The van der Waals surface area contributed by atoms with Gasteiger partial charge in [-0.05, 0) is 30.4 Å². The van der Waals surface area contributed by atoms with Crippen molar-refractivity contribution < 1.29 is 9.90 Å². The molecule has 2 N–H and O–H groups in total. The summed E-state index contributed by atoms with van der Waals surface area (Å²) in [6, 6.07) is 8.49. The fraction of sp³-hybridized carbons (Fsp3) is 0.562. The Morgan fingerprint density at radius 3 is 2.95 bits per heavy atom. The number of amides is 1. The van der Waals surface area contributed by atoms with Crippen LogP contribution in [0.3, 0.4) is 0 Å². The van der Waals surface area contributed by atoms with Gasteiger partial charge in [-0.3, -0.25) is 4.79 Å². The molecule has 1 amide bonds. The van der Waals surface area contributed by atoms with Gasteiger partial charge >= 0.3 is 0 Å². The van der Waals surface area contributed by atoms with E-state index in [0.29, 0.717) is 18.4 Å². The summed E-state index contributed by atoms with van der Waals surface area (Å²) in [6.07, 6.45) is 3.83. The Balaban J connectivity index is 1.83. The Kier molecular flexibility index (Phi) is 3.76. The predicted molar refractivity (Wildman–Crippen MR) is 78.6 cm³/mol. The number of anilines is 1. The molecule has 0 spiro atoms. The molecule has 1 heterocycles. The zero-order valence-corrected chi connectivity index (χ0v) is 11.9. The van der Waals surface area contributed by atoms with Gasteiger partial charge in [-0.2, -0.15) is 0 Å². The standard InChI is InChI=1S/C16H22N2O2/c1-18-15-8-3-2-6-12(15)14(9-16(18)20)17-13-7-4-5-11(13)10-19/h2-3,6,8,11,13-14,17,19H,4-5,7,9-10H2,1H3. The highest BCUT2D eigenvalue weighted by molar-refractivity contribution is 5.96. The maximum atomic E-state index is 12.1. The highest BCUT2D eigenvalue weighted by Crippen LogP contribution is 2.35. The maximum absolute atomic E-state index is 12.1. The number of hydrogen-bond acceptors (Lipinski definition) is 3. The van der Waals surface area contributed by atoms with Crippen molar-refractivity contribution in [3.63, 3.8) is 0 Å². The van der Waals surface area contributed by atoms with Crippen LogP contribution in [0, 0.1) is 5.92 Å². The molecule has 0 radical (unpaired) electrons. The molecule has 0 bridgehead atoms. The molecule has 1 saturated carbocycles. The molecule has 1 aromatic carbocycles. The van der Waals surface area contributed by atoms with Gasteiger partial charge < -0.3 is 15.3 Å². The van der Waals surface area contributed by atoms with Gasteiger partial charge in [0.1, 0.15) is 0 Å². The Labute approximate surface area is 119 Å². The Morgan fingerprint density at radius 1 is 1.35 bits per heavy atom. The van der Waals surface area contributed by atoms with E-state index in [9.17, 15) is 9.90 Å². The smallest absolute Gasteiger partial charge is 0.228 e. The number of aliphatic hydroxyl groups is 1. The van der Waals surface area contributed by atoms with E-state index in [1.54, 1.807) is 4.90 Å². The molecule has 108 valence electrons. The van der Waals surface area contributed by atoms with E-state index >= 15 is 0 Å². The van der Waals surface area contributed by atoms with Crippen LogP contribution in [-0.2, 0) is 4.79 Å². The lowest BCUT2D eigenvalue weighted by Gasteiger charge is -2.34. The van der Waals surface area contributed by atoms with Gasteiger partial charge in [-0.15, -0.1) is 0 Å². The highest BCUT2D eigenvalue weighted by Gasteiger charge is 2.33. The summed E-state index contributed by atoms with van der Waals surface area (Å²) in [4.78, 5) is 13.9. The summed E-state index contributed by atoms with van der Waals surface area (Å²) in [6.45, 7) is 0.236. The highest BCUT2D eigenvalue weighted by atomic mass is 16.3. The number of carbonyl (C=O) groups is 1. The lowest BCUT2D eigenvalue weighted by atomic mass is 9.94. The minimum atomic E-state index is 0.0760. The topological polar surface area (TPSA) is 52.6 Å². The lowest BCUT2D eigenvalue weighted by Crippen LogP contribution is -2.43. The zero-order chi connectivity index (χ0) is 14.1. The Morgan fingerprint density at radius 2 is 2.15 bits per heavy atom. The predicted octanol–water partition coefficient (Wildman–Crippen LogP) is 1.84. The van der Waals surface area contributed by atoms with Gasteiger partial charge in [0, 0.05) is 37.8 Å². The van der Waals surface area contributed by atoms with Crippen molar-refractivity contribution in [2.24, 2.45) is 5.92 Å². The third-order valence-corrected chi connectivity index (χ3v) is 4.74. The molecule has 4 heteroatoms. The van der Waals surface area contributed by atoms with Gasteiger partial charge in [0.25, 0.3) is 0 Å². The van der Waals surface area contributed by atoms with Crippen molar-refractivity contribution in [3.8, 4) is 0 Å². The minimum Gasteiger partial charge on any atom is -0.396 e. The molecule has 0 aromatic heterocycles. The first-order valence-corrected chi connectivity index (χ1v) is 7.43. The first-order chi connectivity index (χ1) is 9.70. The van der Waals surface area contributed by atoms with E-state index in [0.717, 1.165) is 24.9 Å². The van der Waals surface area contributed by atoms with Gasteiger partial charge in [-0.25, -0.2) is 0 Å². The van der Waals surface area contributed by atoms with Crippen molar-refractivity contribution >= 4 is 11.6 Å². The molecule has 3 unspecified atom stereocenters. The Bertz CT molecular complexity index is 503. The van der Waals surface area contributed by atoms with Crippen molar-refractivity contribution in [2.45, 2.75) is 37.8 Å². The van der Waals surface area contributed by atoms with Crippen LogP contribution in [0.15, 0.2) is 24.3 Å². The van der Waals surface area contributed by atoms with Crippen LogP contribution in [0.4, 0.5) is 5.69 Å². The number of fused-ring (bicyclic) bond motifs is 1. The summed E-state index contributed by atoms with van der Waals surface area (Å²) in [7, 11) is 1.84. The van der Waals surface area contributed by atoms with Crippen molar-refractivity contribution in [1.29, 1.82) is 0 Å². The van der Waals surface area contributed by atoms with Crippen LogP contribution in [0.2, 0.25) is 0 Å². The number of aliphatic hydroxyl groups excluding tert-OH is 1. The average Bonchev–Trinajstić information content (AvgIpc) is 2.92. The molecule has 1 aliphatic heterocycles. The second-order valence-corrected chi connectivity index (χ2v) is 5.91. The van der Waals surface area contributed by atoms with Gasteiger partial charge in [0.05, 0.1) is 0 Å². The quantitative estimate of drug-likeness (QED) is 0.884. The van der Waals surface area contributed by atoms with Gasteiger partial charge in [0.2, 0.25) is 5.91 Å². The summed E-state index contributed by atoms with van der Waals surface area (Å²) in [5.74, 6) is 0.483. The summed E-state index contributed by atoms with van der Waals surface area (Å²) < 4.78 is 0. The number of hydrogen-bond donors (Lipinski definition) is 2. The van der Waals surface area contributed by atoms with Crippen LogP contribution in [0.1, 0.15) is 37.3 Å². The molecule has 2 aliphatic rings. The first kappa shape index (κ1) is 13.6. The molecule has 0 saturated heterocycles. The summed E-state index contributed by atoms with van der Waals surface area (Å²) in [5.41, 5.74) is 2.19. The SMILES string of the molecule is CN1C(=O)CC(NC2CCCC2CO)c2ccccc21. The van der Waals surface area contributed by atoms with Crippen LogP contribution < -0.4 is 10.2 Å². The molecule has 1 fully saturated rings. The third kappa shape index (κ3) is 2.34. The van der Waals surface area contributed by atoms with E-state index < -0.39 is 0 Å². The molecule has 3 atom stereocenters. The van der Waals surface area contributed by atoms with E-state index in [2.05, 4.69) is 11.4 Å². The number of carbonyl (C=O) groups excluding carboxylic acids is 1. The molecule has 1 aliphatic carbocycles. The van der Waals surface area contributed by atoms with E-state index in [1.807, 2.05) is 25.2 Å². The first-order valence-electron chi connectivity index (χ1n) is 7.43. The monoisotopic (exact) mass is 274 g/mol. The van der Waals surface area contributed by atoms with Crippen molar-refractivity contribution in [2.75, 3.05) is 18.6 Å². The molecule has 3 rings (SSSR count). The third-order valence-electron chi connectivity index (χ3n) is 4.74. The van der Waals surface area contributed by atoms with Gasteiger partial charge in [0.15, 0.2) is 0 Å². The molecule has 1 aromatic rings. The zero-order valence-electron chi connectivity index (χ0n) is 11.9. The number of rotatable bonds is 3. The minimum absolute atomic E-state index is 0.0760. The molecule has 4 nitrogen and oxygen atoms in total. The van der Waals surface area contributed by atoms with Crippen LogP contribution in [0.5, 0.6) is 0 Å². The fourth-order valence-corrected chi connectivity index (χ4v) is 3.53. The Hall–Kier alpha value is -1.39. The maximum Gasteiger partial charge on any atom is 0.228 e. The van der Waals surface area contributed by atoms with Crippen LogP contribution in [-0.4, -0.2) is 30.7 Å². The normalized spacial score (nSPS) is 29.6. The van der Waals surface area contributed by atoms with E-state index in [1.165, 1.54) is 5.56 Å². The number of para-hydroxylation sites is 1. The summed E-state index contributed by atoms with van der Waals surface area (Å²) >= 11 is 0. The second kappa shape index (κ2) is 5.54. The van der Waals surface area contributed by atoms with Crippen LogP contribution in [0.25, 0.3) is 0 Å².